The molecule has 1 aromatic heterocycles. The zero-order chi connectivity index (χ0) is 21.9. The predicted molar refractivity (Wildman–Crippen MR) is 121 cm³/mol. The molecule has 0 saturated carbocycles. The Morgan fingerprint density at radius 2 is 1.97 bits per heavy atom. The fourth-order valence-corrected chi connectivity index (χ4v) is 4.15. The summed E-state index contributed by atoms with van der Waals surface area (Å²) in [6, 6.07) is 14.1. The first kappa shape index (κ1) is 20.5. The summed E-state index contributed by atoms with van der Waals surface area (Å²) in [6.07, 6.45) is 4.48. The van der Waals surface area contributed by atoms with Gasteiger partial charge in [-0.3, -0.25) is 9.69 Å². The van der Waals surface area contributed by atoms with Crippen molar-refractivity contribution in [3.8, 4) is 17.1 Å². The number of hydrogen-bond donors (Lipinski definition) is 0. The van der Waals surface area contributed by atoms with Crippen LogP contribution in [0.4, 0.5) is 0 Å². The minimum Gasteiger partial charge on any atom is -0.493 e. The molecule has 1 fully saturated rings. The lowest BCUT2D eigenvalue weighted by molar-refractivity contribution is -0.127. The zero-order valence-corrected chi connectivity index (χ0v) is 18.2. The van der Waals surface area contributed by atoms with E-state index in [1.807, 2.05) is 54.3 Å². The van der Waals surface area contributed by atoms with Gasteiger partial charge in [0.25, 0.3) is 0 Å². The molecule has 164 valence electrons. The summed E-state index contributed by atoms with van der Waals surface area (Å²) >= 11 is 0. The van der Waals surface area contributed by atoms with Crippen molar-refractivity contribution >= 4 is 12.0 Å². The maximum atomic E-state index is 12.6. The van der Waals surface area contributed by atoms with Gasteiger partial charge >= 0.3 is 0 Å². The molecule has 0 unspecified atom stereocenters. The summed E-state index contributed by atoms with van der Waals surface area (Å²) in [5.74, 6) is 2.22. The molecule has 7 nitrogen and oxygen atoms in total. The molecule has 2 aromatic carbocycles. The number of aromatic nitrogens is 2. The fourth-order valence-electron chi connectivity index (χ4n) is 4.15. The maximum Gasteiger partial charge on any atom is 0.246 e. The normalized spacial score (nSPS) is 16.3. The van der Waals surface area contributed by atoms with Crippen molar-refractivity contribution < 1.29 is 14.1 Å². The van der Waals surface area contributed by atoms with E-state index in [-0.39, 0.29) is 5.91 Å². The number of amides is 1. The van der Waals surface area contributed by atoms with Crippen LogP contribution in [0.5, 0.6) is 5.75 Å². The number of nitrogens with zero attached hydrogens (tertiary/aromatic N) is 4. The van der Waals surface area contributed by atoms with Crippen molar-refractivity contribution in [2.24, 2.45) is 0 Å². The number of benzene rings is 2. The number of rotatable bonds is 5. The van der Waals surface area contributed by atoms with Gasteiger partial charge in [-0.1, -0.05) is 35.5 Å². The van der Waals surface area contributed by atoms with Gasteiger partial charge in [-0.15, -0.1) is 0 Å². The Labute approximate surface area is 187 Å². The topological polar surface area (TPSA) is 71.7 Å². The predicted octanol–water partition coefficient (Wildman–Crippen LogP) is 3.34. The van der Waals surface area contributed by atoms with Crippen LogP contribution in [0.3, 0.4) is 0 Å². The Kier molecular flexibility index (Phi) is 5.73. The molecule has 0 N–H and O–H groups in total. The second-order valence-electron chi connectivity index (χ2n) is 8.23. The monoisotopic (exact) mass is 430 g/mol. The Bertz CT molecular complexity index is 1150. The van der Waals surface area contributed by atoms with Gasteiger partial charge in [-0.2, -0.15) is 4.98 Å². The Morgan fingerprint density at radius 1 is 1.12 bits per heavy atom. The van der Waals surface area contributed by atoms with Crippen LogP contribution in [0.25, 0.3) is 17.5 Å². The quantitative estimate of drug-likeness (QED) is 0.578. The summed E-state index contributed by atoms with van der Waals surface area (Å²) < 4.78 is 11.0. The minimum absolute atomic E-state index is 0.0426. The molecule has 0 bridgehead atoms. The van der Waals surface area contributed by atoms with Gasteiger partial charge in [-0.05, 0) is 41.8 Å². The molecule has 0 atom stereocenters. The van der Waals surface area contributed by atoms with Gasteiger partial charge in [0.15, 0.2) is 0 Å². The van der Waals surface area contributed by atoms with Crippen LogP contribution in [-0.4, -0.2) is 58.6 Å². The van der Waals surface area contributed by atoms with Crippen LogP contribution in [-0.2, 0) is 17.8 Å². The number of carbonyl (C=O) groups excluding carboxylic acids is 1. The summed E-state index contributed by atoms with van der Waals surface area (Å²) in [5.41, 5.74) is 4.34. The SMILES string of the molecule is Cc1ccccc1-c1noc(CN2CCN(C(=O)/C=C/c3ccc4c(c3)CCO4)CC2)n1. The molecule has 2 aliphatic heterocycles. The maximum absolute atomic E-state index is 12.6. The lowest BCUT2D eigenvalue weighted by Gasteiger charge is -2.33. The number of ether oxygens (including phenoxy) is 1. The van der Waals surface area contributed by atoms with Gasteiger partial charge < -0.3 is 14.2 Å². The van der Waals surface area contributed by atoms with E-state index in [1.54, 1.807) is 6.08 Å². The number of aryl methyl sites for hydroxylation is 1. The molecule has 3 aromatic rings. The molecular formula is C25H26N4O3. The van der Waals surface area contributed by atoms with Crippen LogP contribution in [0, 0.1) is 6.92 Å². The summed E-state index contributed by atoms with van der Waals surface area (Å²) in [6.45, 7) is 6.28. The third kappa shape index (κ3) is 4.43. The third-order valence-corrected chi connectivity index (χ3v) is 6.03. The fraction of sp³-hybridized carbons (Fsp3) is 0.320. The van der Waals surface area contributed by atoms with Crippen LogP contribution in [0.2, 0.25) is 0 Å². The van der Waals surface area contributed by atoms with Crippen molar-refractivity contribution in [1.82, 2.24) is 19.9 Å². The van der Waals surface area contributed by atoms with E-state index in [9.17, 15) is 4.79 Å². The van der Waals surface area contributed by atoms with E-state index in [0.29, 0.717) is 31.3 Å². The lowest BCUT2D eigenvalue weighted by atomic mass is 10.1. The first-order valence-corrected chi connectivity index (χ1v) is 11.0. The molecule has 1 saturated heterocycles. The van der Waals surface area contributed by atoms with Crippen molar-refractivity contribution in [2.45, 2.75) is 19.9 Å². The molecule has 0 aliphatic carbocycles. The van der Waals surface area contributed by atoms with Crippen LogP contribution in [0.1, 0.15) is 22.6 Å². The van der Waals surface area contributed by atoms with E-state index in [2.05, 4.69) is 21.1 Å². The molecule has 0 radical (unpaired) electrons. The molecule has 0 spiro atoms. The van der Waals surface area contributed by atoms with Gasteiger partial charge in [0, 0.05) is 44.2 Å². The summed E-state index contributed by atoms with van der Waals surface area (Å²) in [7, 11) is 0. The lowest BCUT2D eigenvalue weighted by Crippen LogP contribution is -2.47. The highest BCUT2D eigenvalue weighted by Gasteiger charge is 2.22. The van der Waals surface area contributed by atoms with Gasteiger partial charge in [0.05, 0.1) is 13.2 Å². The first-order chi connectivity index (χ1) is 15.7. The number of fused-ring (bicyclic) bond motifs is 1. The Balaban J connectivity index is 1.13. The number of carbonyl (C=O) groups is 1. The Hall–Kier alpha value is -3.45. The van der Waals surface area contributed by atoms with E-state index in [4.69, 9.17) is 9.26 Å². The summed E-state index contributed by atoms with van der Waals surface area (Å²) in [4.78, 5) is 21.3. The number of hydrogen-bond acceptors (Lipinski definition) is 6. The van der Waals surface area contributed by atoms with Gasteiger partial charge in [-0.25, -0.2) is 0 Å². The van der Waals surface area contributed by atoms with Crippen LogP contribution >= 0.6 is 0 Å². The average Bonchev–Trinajstić information content (AvgIpc) is 3.47. The minimum atomic E-state index is 0.0426. The third-order valence-electron chi connectivity index (χ3n) is 6.03. The smallest absolute Gasteiger partial charge is 0.246 e. The Morgan fingerprint density at radius 3 is 2.81 bits per heavy atom. The van der Waals surface area contributed by atoms with Crippen molar-refractivity contribution in [3.05, 3.63) is 71.1 Å². The molecular weight excluding hydrogens is 404 g/mol. The standard InChI is InChI=1S/C25H26N4O3/c1-18-4-2-3-5-21(18)25-26-23(32-27-25)17-28-11-13-29(14-12-28)24(30)9-7-19-6-8-22-20(16-19)10-15-31-22/h2-9,16H,10-15,17H2,1H3/b9-7+. The second kappa shape index (κ2) is 8.96. The molecule has 7 heteroatoms. The van der Waals surface area contributed by atoms with E-state index >= 15 is 0 Å². The zero-order valence-electron chi connectivity index (χ0n) is 18.2. The molecule has 32 heavy (non-hydrogen) atoms. The highest BCUT2D eigenvalue weighted by molar-refractivity contribution is 5.91. The van der Waals surface area contributed by atoms with Crippen molar-refractivity contribution in [1.29, 1.82) is 0 Å². The van der Waals surface area contributed by atoms with Gasteiger partial charge in [0.2, 0.25) is 17.6 Å². The molecule has 5 rings (SSSR count). The molecule has 3 heterocycles. The average molecular weight is 431 g/mol. The van der Waals surface area contributed by atoms with Crippen molar-refractivity contribution in [3.63, 3.8) is 0 Å². The van der Waals surface area contributed by atoms with Crippen LogP contribution in [0.15, 0.2) is 53.1 Å². The van der Waals surface area contributed by atoms with Crippen molar-refractivity contribution in [2.75, 3.05) is 32.8 Å². The first-order valence-electron chi connectivity index (χ1n) is 11.0. The van der Waals surface area contributed by atoms with Crippen LogP contribution < -0.4 is 4.74 Å². The number of piperazine rings is 1. The van der Waals surface area contributed by atoms with E-state index < -0.39 is 0 Å². The largest absolute Gasteiger partial charge is 0.493 e. The summed E-state index contributed by atoms with van der Waals surface area (Å²) in [5, 5.41) is 4.14. The highest BCUT2D eigenvalue weighted by Crippen LogP contribution is 2.26. The highest BCUT2D eigenvalue weighted by atomic mass is 16.5. The van der Waals surface area contributed by atoms with Gasteiger partial charge in [0.1, 0.15) is 5.75 Å². The second-order valence-corrected chi connectivity index (χ2v) is 8.23. The van der Waals surface area contributed by atoms with E-state index in [0.717, 1.165) is 48.6 Å². The molecule has 1 amide bonds. The van der Waals surface area contributed by atoms with E-state index in [1.165, 1.54) is 5.56 Å². The molecule has 2 aliphatic rings.